The third kappa shape index (κ3) is 3.72. The van der Waals surface area contributed by atoms with Gasteiger partial charge in [-0.15, -0.1) is 0 Å². The first-order chi connectivity index (χ1) is 7.43. The van der Waals surface area contributed by atoms with E-state index in [1.165, 1.54) is 0 Å². The average Bonchev–Trinajstić information content (AvgIpc) is 2.25. The summed E-state index contributed by atoms with van der Waals surface area (Å²) in [6.07, 6.45) is 1.73. The molecule has 0 saturated carbocycles. The summed E-state index contributed by atoms with van der Waals surface area (Å²) >= 11 is 0. The van der Waals surface area contributed by atoms with Crippen LogP contribution in [-0.4, -0.2) is 18.6 Å². The Balaban J connectivity index is 2.48. The minimum atomic E-state index is 0.319. The van der Waals surface area contributed by atoms with Gasteiger partial charge in [0.15, 0.2) is 0 Å². The van der Waals surface area contributed by atoms with Crippen molar-refractivity contribution in [1.82, 2.24) is 4.98 Å². The van der Waals surface area contributed by atoms with E-state index in [0.29, 0.717) is 11.3 Å². The molecule has 0 bridgehead atoms. The predicted molar refractivity (Wildman–Crippen MR) is 67.9 cm³/mol. The van der Waals surface area contributed by atoms with Crippen molar-refractivity contribution in [1.29, 1.82) is 0 Å². The monoisotopic (exact) mass is 222 g/mol. The van der Waals surface area contributed by atoms with Crippen LogP contribution in [0.15, 0.2) is 18.3 Å². The molecule has 0 aromatic carbocycles. The smallest absolute Gasteiger partial charge is 0.137 e. The first-order valence-electron chi connectivity index (χ1n) is 5.67. The van der Waals surface area contributed by atoms with Crippen LogP contribution < -0.4 is 10.1 Å². The fourth-order valence-corrected chi connectivity index (χ4v) is 1.17. The molecule has 3 nitrogen and oxygen atoms in total. The van der Waals surface area contributed by atoms with Crippen LogP contribution in [0.1, 0.15) is 27.7 Å². The Hall–Kier alpha value is -1.25. The highest BCUT2D eigenvalue weighted by Gasteiger charge is 2.19. The lowest BCUT2D eigenvalue weighted by Crippen LogP contribution is -2.25. The quantitative estimate of drug-likeness (QED) is 0.849. The van der Waals surface area contributed by atoms with Crippen LogP contribution >= 0.6 is 0 Å². The zero-order valence-electron chi connectivity index (χ0n) is 10.9. The maximum atomic E-state index is 5.06. The fraction of sp³-hybridized carbons (Fsp3) is 0.615. The van der Waals surface area contributed by atoms with Crippen molar-refractivity contribution in [2.75, 3.05) is 19.0 Å². The summed E-state index contributed by atoms with van der Waals surface area (Å²) < 4.78 is 5.06. The Bertz CT molecular complexity index is 314. The maximum absolute atomic E-state index is 5.06. The largest absolute Gasteiger partial charge is 0.495 e. The normalized spacial score (nSPS) is 13.3. The molecule has 1 N–H and O–H groups in total. The van der Waals surface area contributed by atoms with E-state index in [1.54, 1.807) is 13.3 Å². The van der Waals surface area contributed by atoms with Gasteiger partial charge in [0.05, 0.1) is 13.3 Å². The first-order valence-corrected chi connectivity index (χ1v) is 5.67. The molecule has 90 valence electrons. The number of rotatable bonds is 4. The Morgan fingerprint density at radius 1 is 1.38 bits per heavy atom. The number of hydrogen-bond donors (Lipinski definition) is 1. The molecule has 0 saturated heterocycles. The van der Waals surface area contributed by atoms with Gasteiger partial charge >= 0.3 is 0 Å². The number of pyridine rings is 1. The number of methoxy groups -OCH3 is 1. The van der Waals surface area contributed by atoms with Gasteiger partial charge < -0.3 is 10.1 Å². The molecule has 1 atom stereocenters. The highest BCUT2D eigenvalue weighted by molar-refractivity contribution is 5.37. The highest BCUT2D eigenvalue weighted by atomic mass is 16.5. The molecule has 0 amide bonds. The van der Waals surface area contributed by atoms with Gasteiger partial charge in [0.1, 0.15) is 11.6 Å². The molecule has 0 aliphatic carbocycles. The molecule has 1 unspecified atom stereocenters. The van der Waals surface area contributed by atoms with E-state index in [9.17, 15) is 0 Å². The van der Waals surface area contributed by atoms with Crippen LogP contribution in [-0.2, 0) is 0 Å². The van der Waals surface area contributed by atoms with Crippen molar-refractivity contribution in [2.24, 2.45) is 11.3 Å². The van der Waals surface area contributed by atoms with Gasteiger partial charge in [-0.3, -0.25) is 0 Å². The molecule has 1 heterocycles. The van der Waals surface area contributed by atoms with Crippen molar-refractivity contribution in [3.8, 4) is 5.75 Å². The third-order valence-corrected chi connectivity index (χ3v) is 3.04. The second kappa shape index (κ2) is 5.19. The topological polar surface area (TPSA) is 34.1 Å². The van der Waals surface area contributed by atoms with Crippen LogP contribution in [0.25, 0.3) is 0 Å². The van der Waals surface area contributed by atoms with E-state index >= 15 is 0 Å². The van der Waals surface area contributed by atoms with Crippen LogP contribution in [0.4, 0.5) is 5.82 Å². The molecule has 16 heavy (non-hydrogen) atoms. The van der Waals surface area contributed by atoms with E-state index in [4.69, 9.17) is 4.74 Å². The number of ether oxygens (including phenoxy) is 1. The molecular formula is C13H22N2O. The number of hydrogen-bond acceptors (Lipinski definition) is 3. The second-order valence-electron chi connectivity index (χ2n) is 5.23. The first kappa shape index (κ1) is 12.8. The lowest BCUT2D eigenvalue weighted by Gasteiger charge is -2.27. The van der Waals surface area contributed by atoms with Gasteiger partial charge in [-0.1, -0.05) is 27.7 Å². The highest BCUT2D eigenvalue weighted by Crippen LogP contribution is 2.25. The standard InChI is InChI=1S/C13H22N2O/c1-10(13(2,3)4)8-14-12-7-6-11(16-5)9-15-12/h6-7,9-10H,8H2,1-5H3,(H,14,15). The minimum absolute atomic E-state index is 0.319. The Morgan fingerprint density at radius 3 is 2.50 bits per heavy atom. The molecule has 0 fully saturated rings. The van der Waals surface area contributed by atoms with Crippen LogP contribution in [0.5, 0.6) is 5.75 Å². The molecule has 0 spiro atoms. The summed E-state index contributed by atoms with van der Waals surface area (Å²) in [7, 11) is 1.64. The number of aromatic nitrogens is 1. The van der Waals surface area contributed by atoms with Crippen molar-refractivity contribution in [2.45, 2.75) is 27.7 Å². The van der Waals surface area contributed by atoms with Gasteiger partial charge in [0.25, 0.3) is 0 Å². The molecule has 0 radical (unpaired) electrons. The summed E-state index contributed by atoms with van der Waals surface area (Å²) in [4.78, 5) is 4.27. The SMILES string of the molecule is COc1ccc(NCC(C)C(C)(C)C)nc1. The van der Waals surface area contributed by atoms with E-state index < -0.39 is 0 Å². The molecule has 0 aliphatic heterocycles. The molecule has 1 rings (SSSR count). The molecular weight excluding hydrogens is 200 g/mol. The summed E-state index contributed by atoms with van der Waals surface area (Å²) in [6, 6.07) is 3.85. The van der Waals surface area contributed by atoms with Crippen molar-refractivity contribution < 1.29 is 4.74 Å². The molecule has 1 aromatic heterocycles. The fourth-order valence-electron chi connectivity index (χ4n) is 1.17. The van der Waals surface area contributed by atoms with Crippen molar-refractivity contribution in [3.63, 3.8) is 0 Å². The lowest BCUT2D eigenvalue weighted by molar-refractivity contribution is 0.274. The summed E-state index contributed by atoms with van der Waals surface area (Å²) in [5.74, 6) is 2.28. The van der Waals surface area contributed by atoms with E-state index in [-0.39, 0.29) is 0 Å². The minimum Gasteiger partial charge on any atom is -0.495 e. The third-order valence-electron chi connectivity index (χ3n) is 3.04. The zero-order chi connectivity index (χ0) is 12.2. The average molecular weight is 222 g/mol. The van der Waals surface area contributed by atoms with Crippen LogP contribution in [0.3, 0.4) is 0 Å². The van der Waals surface area contributed by atoms with E-state index in [1.807, 2.05) is 12.1 Å². The Labute approximate surface area is 98.2 Å². The predicted octanol–water partition coefficient (Wildman–Crippen LogP) is 3.18. The van der Waals surface area contributed by atoms with Gasteiger partial charge in [-0.05, 0) is 23.5 Å². The molecule has 0 aliphatic rings. The summed E-state index contributed by atoms with van der Waals surface area (Å²) in [6.45, 7) is 9.93. The van der Waals surface area contributed by atoms with Gasteiger partial charge in [-0.2, -0.15) is 0 Å². The Morgan fingerprint density at radius 2 is 2.06 bits per heavy atom. The maximum Gasteiger partial charge on any atom is 0.137 e. The molecule has 1 aromatic rings. The van der Waals surface area contributed by atoms with Crippen LogP contribution in [0.2, 0.25) is 0 Å². The summed E-state index contributed by atoms with van der Waals surface area (Å²) in [5, 5.41) is 3.34. The van der Waals surface area contributed by atoms with Gasteiger partial charge in [0.2, 0.25) is 0 Å². The number of nitrogens with zero attached hydrogens (tertiary/aromatic N) is 1. The van der Waals surface area contributed by atoms with Crippen LogP contribution in [0, 0.1) is 11.3 Å². The molecule has 3 heteroatoms. The number of anilines is 1. The number of nitrogens with one attached hydrogen (secondary N) is 1. The van der Waals surface area contributed by atoms with Gasteiger partial charge in [-0.25, -0.2) is 4.98 Å². The van der Waals surface area contributed by atoms with E-state index in [2.05, 4.69) is 38.0 Å². The lowest BCUT2D eigenvalue weighted by atomic mass is 9.82. The second-order valence-corrected chi connectivity index (χ2v) is 5.23. The van der Waals surface area contributed by atoms with Gasteiger partial charge in [0, 0.05) is 6.54 Å². The summed E-state index contributed by atoms with van der Waals surface area (Å²) in [5.41, 5.74) is 0.319. The van der Waals surface area contributed by atoms with E-state index in [0.717, 1.165) is 18.1 Å². The Kier molecular flexibility index (Phi) is 4.16. The van der Waals surface area contributed by atoms with Crippen molar-refractivity contribution >= 4 is 5.82 Å². The van der Waals surface area contributed by atoms with Crippen molar-refractivity contribution in [3.05, 3.63) is 18.3 Å². The zero-order valence-corrected chi connectivity index (χ0v) is 10.9.